The third kappa shape index (κ3) is 3.50. The van der Waals surface area contributed by atoms with Crippen molar-refractivity contribution in [3.05, 3.63) is 59.4 Å². The Morgan fingerprint density at radius 3 is 2.19 bits per heavy atom. The van der Waals surface area contributed by atoms with E-state index in [2.05, 4.69) is 0 Å². The van der Waals surface area contributed by atoms with Crippen molar-refractivity contribution >= 4 is 5.97 Å². The number of carboxylic acids is 1. The second-order valence-corrected chi connectivity index (χ2v) is 4.07. The lowest BCUT2D eigenvalue weighted by molar-refractivity contribution is -0.137. The molecular formula is C14H8F4O3. The molecule has 7 heteroatoms. The molecule has 3 nitrogen and oxygen atoms in total. The van der Waals surface area contributed by atoms with Crippen LogP contribution in [0, 0.1) is 5.82 Å². The van der Waals surface area contributed by atoms with Gasteiger partial charge < -0.3 is 9.84 Å². The third-order valence-corrected chi connectivity index (χ3v) is 2.58. The van der Waals surface area contributed by atoms with Gasteiger partial charge >= 0.3 is 12.1 Å². The molecule has 2 aromatic rings. The van der Waals surface area contributed by atoms with Gasteiger partial charge in [-0.1, -0.05) is 0 Å². The molecule has 21 heavy (non-hydrogen) atoms. The SMILES string of the molecule is O=C(O)c1ccc(C(F)(F)F)cc1Oc1ccc(F)cc1. The van der Waals surface area contributed by atoms with Crippen LogP contribution in [0.5, 0.6) is 11.5 Å². The monoisotopic (exact) mass is 300 g/mol. The van der Waals surface area contributed by atoms with Gasteiger partial charge in [0.2, 0.25) is 0 Å². The summed E-state index contributed by atoms with van der Waals surface area (Å²) < 4.78 is 55.8. The van der Waals surface area contributed by atoms with Crippen LogP contribution >= 0.6 is 0 Å². The predicted octanol–water partition coefficient (Wildman–Crippen LogP) is 4.34. The molecule has 0 fully saturated rings. The Bertz CT molecular complexity index is 663. The molecule has 110 valence electrons. The van der Waals surface area contributed by atoms with Crippen molar-refractivity contribution < 1.29 is 32.2 Å². The number of carboxylic acid groups (broad SMARTS) is 1. The molecule has 0 spiro atoms. The lowest BCUT2D eigenvalue weighted by Gasteiger charge is -2.12. The predicted molar refractivity (Wildman–Crippen MR) is 64.9 cm³/mol. The number of benzene rings is 2. The zero-order chi connectivity index (χ0) is 15.6. The zero-order valence-electron chi connectivity index (χ0n) is 10.3. The van der Waals surface area contributed by atoms with Gasteiger partial charge in [0.15, 0.2) is 0 Å². The average molecular weight is 300 g/mol. The van der Waals surface area contributed by atoms with Crippen molar-refractivity contribution in [1.82, 2.24) is 0 Å². The van der Waals surface area contributed by atoms with Crippen molar-refractivity contribution in [2.75, 3.05) is 0 Å². The van der Waals surface area contributed by atoms with Gasteiger partial charge in [0.25, 0.3) is 0 Å². The molecule has 0 aliphatic carbocycles. The van der Waals surface area contributed by atoms with Crippen molar-refractivity contribution in [3.63, 3.8) is 0 Å². The van der Waals surface area contributed by atoms with E-state index in [1.165, 1.54) is 12.1 Å². The summed E-state index contributed by atoms with van der Waals surface area (Å²) in [6, 6.07) is 6.51. The Kier molecular flexibility index (Phi) is 3.84. The summed E-state index contributed by atoms with van der Waals surface area (Å²) in [6.45, 7) is 0. The Morgan fingerprint density at radius 1 is 1.05 bits per heavy atom. The normalized spacial score (nSPS) is 11.2. The summed E-state index contributed by atoms with van der Waals surface area (Å²) >= 11 is 0. The third-order valence-electron chi connectivity index (χ3n) is 2.58. The first kappa shape index (κ1) is 14.8. The maximum Gasteiger partial charge on any atom is 0.416 e. The molecule has 0 unspecified atom stereocenters. The van der Waals surface area contributed by atoms with Crippen LogP contribution in [-0.4, -0.2) is 11.1 Å². The number of carbonyl (C=O) groups is 1. The number of rotatable bonds is 3. The van der Waals surface area contributed by atoms with E-state index >= 15 is 0 Å². The quantitative estimate of drug-likeness (QED) is 0.858. The van der Waals surface area contributed by atoms with Crippen LogP contribution in [0.15, 0.2) is 42.5 Å². The highest BCUT2D eigenvalue weighted by Gasteiger charge is 2.32. The van der Waals surface area contributed by atoms with Crippen LogP contribution < -0.4 is 4.74 Å². The fourth-order valence-electron chi connectivity index (χ4n) is 1.59. The lowest BCUT2D eigenvalue weighted by atomic mass is 10.1. The summed E-state index contributed by atoms with van der Waals surface area (Å²) in [7, 11) is 0. The van der Waals surface area contributed by atoms with Crippen molar-refractivity contribution in [2.45, 2.75) is 6.18 Å². The van der Waals surface area contributed by atoms with E-state index in [-0.39, 0.29) is 5.75 Å². The zero-order valence-corrected chi connectivity index (χ0v) is 10.3. The first-order chi connectivity index (χ1) is 9.77. The molecule has 0 saturated carbocycles. The highest BCUT2D eigenvalue weighted by molar-refractivity contribution is 5.91. The molecule has 1 N–H and O–H groups in total. The second-order valence-electron chi connectivity index (χ2n) is 4.07. The van der Waals surface area contributed by atoms with E-state index in [1.54, 1.807) is 0 Å². The molecular weight excluding hydrogens is 292 g/mol. The van der Waals surface area contributed by atoms with Gasteiger partial charge in [0.1, 0.15) is 22.9 Å². The molecule has 0 radical (unpaired) electrons. The highest BCUT2D eigenvalue weighted by atomic mass is 19.4. The van der Waals surface area contributed by atoms with Crippen molar-refractivity contribution in [2.24, 2.45) is 0 Å². The Hall–Kier alpha value is -2.57. The summed E-state index contributed by atoms with van der Waals surface area (Å²) in [5, 5.41) is 8.96. The molecule has 0 aromatic heterocycles. The molecule has 0 amide bonds. The number of hydrogen-bond acceptors (Lipinski definition) is 2. The molecule has 0 aliphatic heterocycles. The molecule has 0 heterocycles. The number of alkyl halides is 3. The largest absolute Gasteiger partial charge is 0.478 e. The standard InChI is InChI=1S/C14H8F4O3/c15-9-2-4-10(5-3-9)21-12-7-8(14(16,17)18)1-6-11(12)13(19)20/h1-7H,(H,19,20). The van der Waals surface area contributed by atoms with Gasteiger partial charge in [-0.25, -0.2) is 9.18 Å². The van der Waals surface area contributed by atoms with E-state index in [1.807, 2.05) is 0 Å². The van der Waals surface area contributed by atoms with Gasteiger partial charge in [-0.2, -0.15) is 13.2 Å². The minimum Gasteiger partial charge on any atom is -0.478 e. The second kappa shape index (κ2) is 5.43. The number of halogens is 4. The Labute approximate surface area is 116 Å². The molecule has 0 saturated heterocycles. The van der Waals surface area contributed by atoms with Gasteiger partial charge in [0.05, 0.1) is 5.56 Å². The first-order valence-corrected chi connectivity index (χ1v) is 5.65. The van der Waals surface area contributed by atoms with Crippen LogP contribution in [0.25, 0.3) is 0 Å². The van der Waals surface area contributed by atoms with Gasteiger partial charge in [-0.3, -0.25) is 0 Å². The van der Waals surface area contributed by atoms with E-state index in [9.17, 15) is 22.4 Å². The summed E-state index contributed by atoms with van der Waals surface area (Å²) in [4.78, 5) is 11.0. The van der Waals surface area contributed by atoms with Crippen molar-refractivity contribution in [3.8, 4) is 11.5 Å². The maximum absolute atomic E-state index is 12.8. The first-order valence-electron chi connectivity index (χ1n) is 5.65. The van der Waals surface area contributed by atoms with Crippen LogP contribution in [0.3, 0.4) is 0 Å². The van der Waals surface area contributed by atoms with E-state index in [0.717, 1.165) is 18.2 Å². The average Bonchev–Trinajstić information content (AvgIpc) is 2.40. The molecule has 0 bridgehead atoms. The topological polar surface area (TPSA) is 46.5 Å². The minimum absolute atomic E-state index is 0.0261. The number of ether oxygens (including phenoxy) is 1. The maximum atomic E-state index is 12.8. The van der Waals surface area contributed by atoms with Crippen LogP contribution in [0.2, 0.25) is 0 Å². The van der Waals surface area contributed by atoms with E-state index < -0.39 is 34.8 Å². The smallest absolute Gasteiger partial charge is 0.416 e. The number of aromatic carboxylic acids is 1. The number of hydrogen-bond donors (Lipinski definition) is 1. The summed E-state index contributed by atoms with van der Waals surface area (Å²) in [5.41, 5.74) is -1.46. The van der Waals surface area contributed by atoms with Crippen LogP contribution in [0.4, 0.5) is 17.6 Å². The lowest BCUT2D eigenvalue weighted by Crippen LogP contribution is -2.07. The Morgan fingerprint density at radius 2 is 1.67 bits per heavy atom. The highest BCUT2D eigenvalue weighted by Crippen LogP contribution is 2.34. The van der Waals surface area contributed by atoms with Crippen LogP contribution in [0.1, 0.15) is 15.9 Å². The molecule has 2 aromatic carbocycles. The fourth-order valence-corrected chi connectivity index (χ4v) is 1.59. The van der Waals surface area contributed by atoms with E-state index in [4.69, 9.17) is 9.84 Å². The molecule has 0 atom stereocenters. The van der Waals surface area contributed by atoms with Gasteiger partial charge in [0, 0.05) is 0 Å². The molecule has 0 aliphatic rings. The molecule has 2 rings (SSSR count). The summed E-state index contributed by atoms with van der Waals surface area (Å²) in [6.07, 6.45) is -4.63. The minimum atomic E-state index is -4.63. The van der Waals surface area contributed by atoms with Crippen molar-refractivity contribution in [1.29, 1.82) is 0 Å². The van der Waals surface area contributed by atoms with Crippen LogP contribution in [-0.2, 0) is 6.18 Å². The van der Waals surface area contributed by atoms with Gasteiger partial charge in [-0.15, -0.1) is 0 Å². The Balaban J connectivity index is 2.43. The van der Waals surface area contributed by atoms with E-state index in [0.29, 0.717) is 12.1 Å². The summed E-state index contributed by atoms with van der Waals surface area (Å²) in [5.74, 6) is -2.42. The fraction of sp³-hybridized carbons (Fsp3) is 0.0714. The van der Waals surface area contributed by atoms with Gasteiger partial charge in [-0.05, 0) is 42.5 Å².